The lowest BCUT2D eigenvalue weighted by Crippen LogP contribution is -2.23. The van der Waals surface area contributed by atoms with E-state index < -0.39 is 0 Å². The van der Waals surface area contributed by atoms with E-state index in [1.807, 2.05) is 13.0 Å². The van der Waals surface area contributed by atoms with Crippen molar-refractivity contribution in [1.82, 2.24) is 9.97 Å². The summed E-state index contributed by atoms with van der Waals surface area (Å²) in [4.78, 5) is 8.74. The van der Waals surface area contributed by atoms with Gasteiger partial charge in [0.05, 0.1) is 0 Å². The van der Waals surface area contributed by atoms with Crippen molar-refractivity contribution in [2.24, 2.45) is 11.8 Å². The number of nitrogens with one attached hydrogen (secondary N) is 2. The van der Waals surface area contributed by atoms with Crippen molar-refractivity contribution in [3.05, 3.63) is 11.9 Å². The molecule has 0 saturated heterocycles. The highest BCUT2D eigenvalue weighted by molar-refractivity contribution is 5.47. The molecule has 0 aromatic carbocycles. The Labute approximate surface area is 114 Å². The fraction of sp³-hybridized carbons (Fsp3) is 0.692. The van der Waals surface area contributed by atoms with Crippen molar-refractivity contribution >= 4 is 11.6 Å². The highest BCUT2D eigenvalue weighted by Gasteiger charge is 2.23. The van der Waals surface area contributed by atoms with Crippen LogP contribution < -0.4 is 16.6 Å². The van der Waals surface area contributed by atoms with Gasteiger partial charge in [-0.1, -0.05) is 13.3 Å². The van der Waals surface area contributed by atoms with Crippen molar-refractivity contribution in [3.8, 4) is 0 Å². The summed E-state index contributed by atoms with van der Waals surface area (Å²) in [6, 6.07) is 2.32. The molecule has 0 spiro atoms. The molecule has 4 N–H and O–H groups in total. The summed E-state index contributed by atoms with van der Waals surface area (Å²) in [7, 11) is 0. The first-order chi connectivity index (χ1) is 9.22. The lowest BCUT2D eigenvalue weighted by Gasteiger charge is -2.18. The summed E-state index contributed by atoms with van der Waals surface area (Å²) in [6.07, 6.45) is 3.74. The molecule has 6 heteroatoms. The highest BCUT2D eigenvalue weighted by Crippen LogP contribution is 2.27. The Bertz CT molecular complexity index is 412. The Morgan fingerprint density at radius 2 is 2.16 bits per heavy atom. The molecule has 6 nitrogen and oxygen atoms in total. The van der Waals surface area contributed by atoms with Crippen LogP contribution in [0.2, 0.25) is 0 Å². The fourth-order valence-electron chi connectivity index (χ4n) is 2.45. The number of anilines is 2. The summed E-state index contributed by atoms with van der Waals surface area (Å²) in [6.45, 7) is 5.27. The minimum atomic E-state index is 0.404. The molecule has 0 bridgehead atoms. The van der Waals surface area contributed by atoms with Crippen molar-refractivity contribution in [2.45, 2.75) is 45.8 Å². The molecule has 2 atom stereocenters. The molecule has 0 aliphatic heterocycles. The summed E-state index contributed by atoms with van der Waals surface area (Å²) >= 11 is 0. The van der Waals surface area contributed by atoms with E-state index in [0.29, 0.717) is 36.8 Å². The summed E-state index contributed by atoms with van der Waals surface area (Å²) in [5.74, 6) is 8.19. The zero-order chi connectivity index (χ0) is 13.7. The molecule has 0 amide bonds. The quantitative estimate of drug-likeness (QED) is 0.538. The third-order valence-corrected chi connectivity index (χ3v) is 3.55. The SMILES string of the molecule is CCOCc1nc(NN)cc(NC2CCCC2C)n1. The number of hydrogen-bond donors (Lipinski definition) is 3. The van der Waals surface area contributed by atoms with E-state index in [9.17, 15) is 0 Å². The molecule has 0 radical (unpaired) electrons. The van der Waals surface area contributed by atoms with Gasteiger partial charge >= 0.3 is 0 Å². The maximum atomic E-state index is 5.44. The van der Waals surface area contributed by atoms with Crippen LogP contribution in [0.3, 0.4) is 0 Å². The molecular weight excluding hydrogens is 242 g/mol. The Kier molecular flexibility index (Phi) is 4.93. The minimum Gasteiger partial charge on any atom is -0.374 e. The Morgan fingerprint density at radius 1 is 1.37 bits per heavy atom. The lowest BCUT2D eigenvalue weighted by molar-refractivity contribution is 0.128. The van der Waals surface area contributed by atoms with Crippen molar-refractivity contribution in [1.29, 1.82) is 0 Å². The second kappa shape index (κ2) is 6.68. The third-order valence-electron chi connectivity index (χ3n) is 3.55. The van der Waals surface area contributed by atoms with Crippen LogP contribution in [0.1, 0.15) is 38.9 Å². The second-order valence-corrected chi connectivity index (χ2v) is 5.00. The van der Waals surface area contributed by atoms with E-state index in [1.54, 1.807) is 0 Å². The smallest absolute Gasteiger partial charge is 0.158 e. The molecule has 2 rings (SSSR count). The Balaban J connectivity index is 2.09. The number of nitrogens with zero attached hydrogens (tertiary/aromatic N) is 2. The second-order valence-electron chi connectivity index (χ2n) is 5.00. The Morgan fingerprint density at radius 3 is 2.79 bits per heavy atom. The van der Waals surface area contributed by atoms with Crippen molar-refractivity contribution in [3.63, 3.8) is 0 Å². The zero-order valence-corrected chi connectivity index (χ0v) is 11.6. The van der Waals surface area contributed by atoms with Crippen LogP contribution in [0, 0.1) is 5.92 Å². The zero-order valence-electron chi connectivity index (χ0n) is 11.6. The van der Waals surface area contributed by atoms with E-state index in [2.05, 4.69) is 27.6 Å². The van der Waals surface area contributed by atoms with E-state index in [1.165, 1.54) is 19.3 Å². The number of ether oxygens (including phenoxy) is 1. The van der Waals surface area contributed by atoms with Crippen LogP contribution in [-0.4, -0.2) is 22.6 Å². The number of nitrogen functional groups attached to an aromatic ring is 1. The molecule has 1 aromatic heterocycles. The van der Waals surface area contributed by atoms with Gasteiger partial charge in [-0.05, 0) is 25.7 Å². The Hall–Kier alpha value is -1.40. The van der Waals surface area contributed by atoms with Crippen molar-refractivity contribution < 1.29 is 4.74 Å². The van der Waals surface area contributed by atoms with Gasteiger partial charge in [0.15, 0.2) is 5.82 Å². The van der Waals surface area contributed by atoms with Gasteiger partial charge in [-0.25, -0.2) is 15.8 Å². The van der Waals surface area contributed by atoms with E-state index in [0.717, 1.165) is 5.82 Å². The number of rotatable bonds is 6. The molecular formula is C13H23N5O. The predicted molar refractivity (Wildman–Crippen MR) is 75.6 cm³/mol. The van der Waals surface area contributed by atoms with Crippen LogP contribution in [-0.2, 0) is 11.3 Å². The van der Waals surface area contributed by atoms with Gasteiger partial charge in [-0.15, -0.1) is 0 Å². The van der Waals surface area contributed by atoms with Gasteiger partial charge in [0.2, 0.25) is 0 Å². The molecule has 1 aliphatic carbocycles. The maximum Gasteiger partial charge on any atom is 0.158 e. The van der Waals surface area contributed by atoms with E-state index in [-0.39, 0.29) is 0 Å². The molecule has 1 heterocycles. The van der Waals surface area contributed by atoms with Crippen LogP contribution in [0.5, 0.6) is 0 Å². The number of hydrogen-bond acceptors (Lipinski definition) is 6. The average molecular weight is 265 g/mol. The number of hydrazine groups is 1. The first-order valence-electron chi connectivity index (χ1n) is 6.91. The fourth-order valence-corrected chi connectivity index (χ4v) is 2.45. The van der Waals surface area contributed by atoms with Gasteiger partial charge in [0, 0.05) is 18.7 Å². The molecule has 106 valence electrons. The number of aromatic nitrogens is 2. The maximum absolute atomic E-state index is 5.44. The summed E-state index contributed by atoms with van der Waals surface area (Å²) in [5.41, 5.74) is 2.57. The minimum absolute atomic E-state index is 0.404. The molecule has 1 aliphatic rings. The van der Waals surface area contributed by atoms with E-state index >= 15 is 0 Å². The number of nitrogens with two attached hydrogens (primary N) is 1. The van der Waals surface area contributed by atoms with E-state index in [4.69, 9.17) is 10.6 Å². The van der Waals surface area contributed by atoms with Gasteiger partial charge in [0.25, 0.3) is 0 Å². The normalized spacial score (nSPS) is 22.5. The largest absolute Gasteiger partial charge is 0.374 e. The van der Waals surface area contributed by atoms with Gasteiger partial charge in [-0.2, -0.15) is 0 Å². The van der Waals surface area contributed by atoms with Gasteiger partial charge in [-0.3, -0.25) is 0 Å². The van der Waals surface area contributed by atoms with Crippen LogP contribution in [0.4, 0.5) is 11.6 Å². The first kappa shape index (κ1) is 14.0. The highest BCUT2D eigenvalue weighted by atomic mass is 16.5. The average Bonchev–Trinajstić information content (AvgIpc) is 2.81. The summed E-state index contributed by atoms with van der Waals surface area (Å²) < 4.78 is 5.34. The van der Waals surface area contributed by atoms with Gasteiger partial charge < -0.3 is 15.5 Å². The standard InChI is InChI=1S/C13H23N5O/c1-3-19-8-13-16-11(7-12(17-13)18-14)15-10-6-4-5-9(10)2/h7,9-10H,3-6,8,14H2,1-2H3,(H2,15,16,17,18). The van der Waals surface area contributed by atoms with Crippen LogP contribution in [0.25, 0.3) is 0 Å². The monoisotopic (exact) mass is 265 g/mol. The molecule has 1 fully saturated rings. The first-order valence-corrected chi connectivity index (χ1v) is 6.91. The topological polar surface area (TPSA) is 85.1 Å². The van der Waals surface area contributed by atoms with Crippen LogP contribution in [0.15, 0.2) is 6.07 Å². The van der Waals surface area contributed by atoms with Crippen LogP contribution >= 0.6 is 0 Å². The molecule has 2 unspecified atom stereocenters. The summed E-state index contributed by atoms with van der Waals surface area (Å²) in [5, 5.41) is 3.48. The predicted octanol–water partition coefficient (Wildman–Crippen LogP) is 1.90. The molecule has 19 heavy (non-hydrogen) atoms. The molecule has 1 saturated carbocycles. The third kappa shape index (κ3) is 3.78. The van der Waals surface area contributed by atoms with Gasteiger partial charge in [0.1, 0.15) is 18.2 Å². The van der Waals surface area contributed by atoms with Crippen molar-refractivity contribution in [2.75, 3.05) is 17.3 Å². The molecule has 1 aromatic rings. The lowest BCUT2D eigenvalue weighted by atomic mass is 10.1.